The fourth-order valence-electron chi connectivity index (χ4n) is 4.32. The summed E-state index contributed by atoms with van der Waals surface area (Å²) in [7, 11) is -3.37. The lowest BCUT2D eigenvalue weighted by molar-refractivity contribution is -0.142. The highest BCUT2D eigenvalue weighted by Crippen LogP contribution is 2.26. The number of hydrogen-bond donors (Lipinski definition) is 1. The van der Waals surface area contributed by atoms with Gasteiger partial charge in [-0.1, -0.05) is 6.92 Å². The van der Waals surface area contributed by atoms with Crippen LogP contribution in [0.3, 0.4) is 0 Å². The van der Waals surface area contributed by atoms with Crippen molar-refractivity contribution in [3.8, 4) is 0 Å². The average Bonchev–Trinajstić information content (AvgIpc) is 3.12. The van der Waals surface area contributed by atoms with Gasteiger partial charge in [-0.15, -0.1) is 12.4 Å². The topological polar surface area (TPSA) is 90.0 Å². The van der Waals surface area contributed by atoms with Crippen LogP contribution in [-0.2, 0) is 19.6 Å². The zero-order valence-electron chi connectivity index (χ0n) is 15.9. The van der Waals surface area contributed by atoms with E-state index in [9.17, 15) is 18.0 Å². The van der Waals surface area contributed by atoms with E-state index in [1.807, 2.05) is 11.8 Å². The van der Waals surface area contributed by atoms with Gasteiger partial charge in [0.1, 0.15) is 6.04 Å². The van der Waals surface area contributed by atoms with Crippen molar-refractivity contribution in [2.24, 2.45) is 0 Å². The lowest BCUT2D eigenvalue weighted by Crippen LogP contribution is -2.59. The SMILES string of the molecule is CCCS(=O)(=O)N1CCCC1C(=O)N1CCCC(N2CCNCC2=O)C1.Cl. The van der Waals surface area contributed by atoms with Crippen LogP contribution in [0.4, 0.5) is 0 Å². The first kappa shape index (κ1) is 22.4. The number of halogens is 1. The van der Waals surface area contributed by atoms with Crippen LogP contribution >= 0.6 is 12.4 Å². The second-order valence-electron chi connectivity index (χ2n) is 7.43. The van der Waals surface area contributed by atoms with Gasteiger partial charge in [-0.3, -0.25) is 9.59 Å². The van der Waals surface area contributed by atoms with Gasteiger partial charge in [-0.25, -0.2) is 8.42 Å². The highest BCUT2D eigenvalue weighted by Gasteiger charge is 2.41. The second-order valence-corrected chi connectivity index (χ2v) is 9.47. The molecule has 27 heavy (non-hydrogen) atoms. The Labute approximate surface area is 168 Å². The fraction of sp³-hybridized carbons (Fsp3) is 0.882. The van der Waals surface area contributed by atoms with Crippen LogP contribution in [-0.4, -0.2) is 91.4 Å². The van der Waals surface area contributed by atoms with Gasteiger partial charge in [-0.05, 0) is 32.1 Å². The molecule has 2 unspecified atom stereocenters. The summed E-state index contributed by atoms with van der Waals surface area (Å²) in [6, 6.07) is -0.520. The van der Waals surface area contributed by atoms with E-state index in [1.54, 1.807) is 4.90 Å². The molecule has 3 fully saturated rings. The monoisotopic (exact) mass is 422 g/mol. The first-order valence-electron chi connectivity index (χ1n) is 9.72. The highest BCUT2D eigenvalue weighted by molar-refractivity contribution is 7.89. The van der Waals surface area contributed by atoms with E-state index in [2.05, 4.69) is 5.32 Å². The smallest absolute Gasteiger partial charge is 0.241 e. The lowest BCUT2D eigenvalue weighted by Gasteiger charge is -2.42. The number of sulfonamides is 1. The Morgan fingerprint density at radius 1 is 1.19 bits per heavy atom. The zero-order valence-corrected chi connectivity index (χ0v) is 17.6. The van der Waals surface area contributed by atoms with E-state index in [0.29, 0.717) is 45.6 Å². The van der Waals surface area contributed by atoms with Crippen molar-refractivity contribution in [2.75, 3.05) is 45.0 Å². The predicted octanol–water partition coefficient (Wildman–Crippen LogP) is 0.0352. The number of nitrogens with one attached hydrogen (secondary N) is 1. The zero-order chi connectivity index (χ0) is 18.7. The third-order valence-corrected chi connectivity index (χ3v) is 7.66. The molecule has 1 N–H and O–H groups in total. The number of nitrogens with zero attached hydrogens (tertiary/aromatic N) is 3. The van der Waals surface area contributed by atoms with Crippen LogP contribution in [0, 0.1) is 0 Å². The molecule has 3 saturated heterocycles. The lowest BCUT2D eigenvalue weighted by atomic mass is 10.0. The Kier molecular flexibility index (Phi) is 7.91. The number of carbonyl (C=O) groups excluding carboxylic acids is 2. The normalized spacial score (nSPS) is 27.5. The molecular weight excluding hydrogens is 392 g/mol. The van der Waals surface area contributed by atoms with Crippen LogP contribution < -0.4 is 5.32 Å². The third kappa shape index (κ3) is 4.93. The van der Waals surface area contributed by atoms with E-state index < -0.39 is 16.1 Å². The first-order valence-corrected chi connectivity index (χ1v) is 11.3. The minimum atomic E-state index is -3.37. The molecule has 3 heterocycles. The number of carbonyl (C=O) groups is 2. The van der Waals surface area contributed by atoms with Crippen molar-refractivity contribution in [3.05, 3.63) is 0 Å². The largest absolute Gasteiger partial charge is 0.339 e. The van der Waals surface area contributed by atoms with E-state index in [4.69, 9.17) is 0 Å². The van der Waals surface area contributed by atoms with Gasteiger partial charge in [0.05, 0.1) is 12.3 Å². The Balaban J connectivity index is 0.00000261. The van der Waals surface area contributed by atoms with Gasteiger partial charge in [0.25, 0.3) is 0 Å². The fourth-order valence-corrected chi connectivity index (χ4v) is 6.06. The minimum absolute atomic E-state index is 0. The molecule has 10 heteroatoms. The van der Waals surface area contributed by atoms with Crippen molar-refractivity contribution in [1.29, 1.82) is 0 Å². The van der Waals surface area contributed by atoms with E-state index in [1.165, 1.54) is 4.31 Å². The number of amides is 2. The van der Waals surface area contributed by atoms with Crippen LogP contribution in [0.15, 0.2) is 0 Å². The summed E-state index contributed by atoms with van der Waals surface area (Å²) in [5.41, 5.74) is 0. The van der Waals surface area contributed by atoms with Gasteiger partial charge in [0.15, 0.2) is 0 Å². The van der Waals surface area contributed by atoms with Gasteiger partial charge in [0.2, 0.25) is 21.8 Å². The third-order valence-electron chi connectivity index (χ3n) is 5.58. The number of hydrogen-bond acceptors (Lipinski definition) is 5. The summed E-state index contributed by atoms with van der Waals surface area (Å²) in [5, 5.41) is 3.07. The van der Waals surface area contributed by atoms with Crippen LogP contribution in [0.2, 0.25) is 0 Å². The van der Waals surface area contributed by atoms with E-state index in [-0.39, 0.29) is 36.0 Å². The van der Waals surface area contributed by atoms with E-state index >= 15 is 0 Å². The molecule has 156 valence electrons. The Hall–Kier alpha value is -0.900. The molecule has 3 aliphatic heterocycles. The molecule has 2 amide bonds. The van der Waals surface area contributed by atoms with Crippen molar-refractivity contribution >= 4 is 34.2 Å². The molecule has 0 aliphatic carbocycles. The number of rotatable bonds is 5. The minimum Gasteiger partial charge on any atom is -0.339 e. The Bertz CT molecular complexity index is 645. The van der Waals surface area contributed by atoms with Crippen LogP contribution in [0.1, 0.15) is 39.0 Å². The van der Waals surface area contributed by atoms with Gasteiger partial charge < -0.3 is 15.1 Å². The molecule has 2 atom stereocenters. The molecule has 3 aliphatic rings. The van der Waals surface area contributed by atoms with Gasteiger partial charge in [0, 0.05) is 38.8 Å². The number of piperidine rings is 1. The van der Waals surface area contributed by atoms with Crippen molar-refractivity contribution in [1.82, 2.24) is 19.4 Å². The molecular formula is C17H31ClN4O4S. The van der Waals surface area contributed by atoms with E-state index in [0.717, 1.165) is 25.8 Å². The summed E-state index contributed by atoms with van der Waals surface area (Å²) in [5.74, 6) is 0.0901. The van der Waals surface area contributed by atoms with Crippen LogP contribution in [0.25, 0.3) is 0 Å². The molecule has 0 spiro atoms. The first-order chi connectivity index (χ1) is 12.4. The standard InChI is InChI=1S/C17H30N4O4S.ClH/c1-2-11-26(24,25)21-9-4-6-15(21)17(23)19-8-3-5-14(13-19)20-10-7-18-12-16(20)22;/h14-15,18H,2-13H2,1H3;1H. The van der Waals surface area contributed by atoms with Crippen molar-refractivity contribution < 1.29 is 18.0 Å². The number of likely N-dealkylation sites (tertiary alicyclic amines) is 1. The highest BCUT2D eigenvalue weighted by atomic mass is 35.5. The van der Waals surface area contributed by atoms with Crippen molar-refractivity contribution in [3.63, 3.8) is 0 Å². The van der Waals surface area contributed by atoms with Gasteiger partial charge in [-0.2, -0.15) is 4.31 Å². The molecule has 0 saturated carbocycles. The maximum Gasteiger partial charge on any atom is 0.241 e. The number of piperazine rings is 1. The average molecular weight is 423 g/mol. The molecule has 0 aromatic heterocycles. The molecule has 8 nitrogen and oxygen atoms in total. The summed E-state index contributed by atoms with van der Waals surface area (Å²) < 4.78 is 26.4. The Morgan fingerprint density at radius 3 is 2.63 bits per heavy atom. The van der Waals surface area contributed by atoms with Gasteiger partial charge >= 0.3 is 0 Å². The van der Waals surface area contributed by atoms with Crippen molar-refractivity contribution in [2.45, 2.75) is 51.1 Å². The Morgan fingerprint density at radius 2 is 1.93 bits per heavy atom. The predicted molar refractivity (Wildman–Crippen MR) is 105 cm³/mol. The maximum atomic E-state index is 13.1. The summed E-state index contributed by atoms with van der Waals surface area (Å²) in [4.78, 5) is 28.9. The molecule has 0 radical (unpaired) electrons. The molecule has 0 bridgehead atoms. The second kappa shape index (κ2) is 9.54. The quantitative estimate of drug-likeness (QED) is 0.675. The maximum absolute atomic E-state index is 13.1. The molecule has 0 aromatic rings. The summed E-state index contributed by atoms with van der Waals surface area (Å²) in [6.07, 6.45) is 3.62. The summed E-state index contributed by atoms with van der Waals surface area (Å²) in [6.45, 7) is 5.25. The molecule has 0 aromatic carbocycles. The van der Waals surface area contributed by atoms with Crippen LogP contribution in [0.5, 0.6) is 0 Å². The molecule has 3 rings (SSSR count). The summed E-state index contributed by atoms with van der Waals surface area (Å²) >= 11 is 0.